The number of rotatable bonds is 5. The van der Waals surface area contributed by atoms with Gasteiger partial charge in [-0.15, -0.1) is 6.42 Å². The topological polar surface area (TPSA) is 66.8 Å². The maximum absolute atomic E-state index is 12.8. The van der Waals surface area contributed by atoms with Crippen molar-refractivity contribution in [2.45, 2.75) is 12.0 Å². The largest absolute Gasteiger partial charge is 0.496 e. The van der Waals surface area contributed by atoms with Crippen LogP contribution in [0.2, 0.25) is 0 Å². The number of terminal acetylenes is 1. The minimum absolute atomic E-state index is 0.0288. The highest BCUT2D eigenvalue weighted by Gasteiger charge is 2.50. The molecule has 126 valence electrons. The fourth-order valence-electron chi connectivity index (χ4n) is 3.13. The molecule has 0 saturated heterocycles. The molecule has 1 aliphatic rings. The number of aliphatic hydroxyl groups is 1. The molecule has 5 nitrogen and oxygen atoms in total. The molecule has 2 aromatic rings. The van der Waals surface area contributed by atoms with E-state index in [4.69, 9.17) is 11.2 Å². The third-order valence-electron chi connectivity index (χ3n) is 4.31. The van der Waals surface area contributed by atoms with Gasteiger partial charge in [-0.25, -0.2) is 0 Å². The van der Waals surface area contributed by atoms with Crippen molar-refractivity contribution in [3.8, 4) is 18.1 Å². The molecule has 1 amide bonds. The van der Waals surface area contributed by atoms with Crippen LogP contribution in [0, 0.1) is 12.3 Å². The van der Waals surface area contributed by atoms with Gasteiger partial charge < -0.3 is 9.84 Å². The van der Waals surface area contributed by atoms with E-state index in [1.807, 2.05) is 0 Å². The summed E-state index contributed by atoms with van der Waals surface area (Å²) in [4.78, 5) is 26.9. The number of anilines is 1. The van der Waals surface area contributed by atoms with Crippen LogP contribution in [0.4, 0.5) is 5.69 Å². The van der Waals surface area contributed by atoms with E-state index < -0.39 is 11.5 Å². The van der Waals surface area contributed by atoms with Gasteiger partial charge in [-0.2, -0.15) is 0 Å². The smallest absolute Gasteiger partial charge is 0.265 e. The van der Waals surface area contributed by atoms with Crippen LogP contribution in [-0.4, -0.2) is 30.5 Å². The molecular weight excluding hydrogens is 318 g/mol. The lowest BCUT2D eigenvalue weighted by molar-refractivity contribution is -0.135. The highest BCUT2D eigenvalue weighted by molar-refractivity contribution is 6.11. The Kier molecular flexibility index (Phi) is 4.30. The van der Waals surface area contributed by atoms with Crippen molar-refractivity contribution in [3.63, 3.8) is 0 Å². The second-order valence-corrected chi connectivity index (χ2v) is 5.77. The van der Waals surface area contributed by atoms with Crippen molar-refractivity contribution in [2.24, 2.45) is 0 Å². The van der Waals surface area contributed by atoms with Gasteiger partial charge in [0, 0.05) is 5.56 Å². The lowest BCUT2D eigenvalue weighted by Gasteiger charge is -2.22. The molecule has 0 radical (unpaired) electrons. The Hall–Kier alpha value is -3.10. The zero-order chi connectivity index (χ0) is 18.0. The van der Waals surface area contributed by atoms with Gasteiger partial charge in [-0.05, 0) is 18.2 Å². The van der Waals surface area contributed by atoms with Crippen molar-refractivity contribution in [1.82, 2.24) is 0 Å². The normalized spacial score (nSPS) is 18.6. The van der Waals surface area contributed by atoms with E-state index in [1.54, 1.807) is 48.5 Å². The molecule has 1 N–H and O–H groups in total. The zero-order valence-electron chi connectivity index (χ0n) is 13.7. The third kappa shape index (κ3) is 2.67. The number of benzene rings is 2. The number of methoxy groups -OCH3 is 1. The first kappa shape index (κ1) is 16.7. The Balaban J connectivity index is 2.00. The van der Waals surface area contributed by atoms with E-state index in [9.17, 15) is 14.7 Å². The van der Waals surface area contributed by atoms with Crippen molar-refractivity contribution in [2.75, 3.05) is 18.6 Å². The third-order valence-corrected chi connectivity index (χ3v) is 4.31. The number of nitrogens with zero attached hydrogens (tertiary/aromatic N) is 1. The van der Waals surface area contributed by atoms with Crippen LogP contribution in [0.1, 0.15) is 22.3 Å². The lowest BCUT2D eigenvalue weighted by Crippen LogP contribution is -2.42. The lowest BCUT2D eigenvalue weighted by atomic mass is 9.88. The fraction of sp³-hybridized carbons (Fsp3) is 0.200. The average molecular weight is 335 g/mol. The van der Waals surface area contributed by atoms with Gasteiger partial charge in [0.15, 0.2) is 11.4 Å². The molecule has 0 bridgehead atoms. The summed E-state index contributed by atoms with van der Waals surface area (Å²) < 4.78 is 5.20. The second kappa shape index (κ2) is 6.42. The number of fused-ring (bicyclic) bond motifs is 1. The predicted molar refractivity (Wildman–Crippen MR) is 93.5 cm³/mol. The van der Waals surface area contributed by atoms with Gasteiger partial charge in [0.2, 0.25) is 0 Å². The highest BCUT2D eigenvalue weighted by Crippen LogP contribution is 2.43. The van der Waals surface area contributed by atoms with E-state index in [0.717, 1.165) is 0 Å². The zero-order valence-corrected chi connectivity index (χ0v) is 13.7. The summed E-state index contributed by atoms with van der Waals surface area (Å²) in [6.07, 6.45) is 4.95. The maximum Gasteiger partial charge on any atom is 0.265 e. The second-order valence-electron chi connectivity index (χ2n) is 5.77. The molecule has 0 aliphatic carbocycles. The number of amides is 1. The Morgan fingerprint density at radius 2 is 1.92 bits per heavy atom. The van der Waals surface area contributed by atoms with Crippen LogP contribution in [0.3, 0.4) is 0 Å². The van der Waals surface area contributed by atoms with Crippen molar-refractivity contribution in [1.29, 1.82) is 0 Å². The first-order valence-electron chi connectivity index (χ1n) is 7.76. The SMILES string of the molecule is C#CCN1C(=O)C(O)(CC(=O)c2ccccc2OC)c2ccccc21. The van der Waals surface area contributed by atoms with Crippen LogP contribution < -0.4 is 9.64 Å². The van der Waals surface area contributed by atoms with E-state index in [1.165, 1.54) is 12.0 Å². The Morgan fingerprint density at radius 1 is 1.24 bits per heavy atom. The minimum Gasteiger partial charge on any atom is -0.496 e. The maximum atomic E-state index is 12.8. The molecule has 2 aromatic carbocycles. The van der Waals surface area contributed by atoms with Gasteiger partial charge in [-0.3, -0.25) is 14.5 Å². The number of para-hydroxylation sites is 2. The minimum atomic E-state index is -1.94. The Bertz CT molecular complexity index is 883. The number of ether oxygens (including phenoxy) is 1. The summed E-state index contributed by atoms with van der Waals surface area (Å²) in [7, 11) is 1.46. The number of Topliss-reactive ketones (excluding diaryl/α,β-unsaturated/α-hetero) is 1. The summed E-state index contributed by atoms with van der Waals surface area (Å²) in [5.74, 6) is 1.84. The molecule has 1 unspecified atom stereocenters. The van der Waals surface area contributed by atoms with Gasteiger partial charge in [0.1, 0.15) is 5.75 Å². The highest BCUT2D eigenvalue weighted by atomic mass is 16.5. The first-order chi connectivity index (χ1) is 12.0. The van der Waals surface area contributed by atoms with Gasteiger partial charge in [0.25, 0.3) is 5.91 Å². The van der Waals surface area contributed by atoms with Gasteiger partial charge in [-0.1, -0.05) is 36.3 Å². The molecule has 0 fully saturated rings. The van der Waals surface area contributed by atoms with E-state index in [-0.39, 0.29) is 18.7 Å². The summed E-state index contributed by atoms with van der Waals surface area (Å²) in [5.41, 5.74) is -0.704. The Labute approximate surface area is 145 Å². The molecule has 0 aromatic heterocycles. The van der Waals surface area contributed by atoms with E-state index >= 15 is 0 Å². The monoisotopic (exact) mass is 335 g/mol. The summed E-state index contributed by atoms with van der Waals surface area (Å²) in [6.45, 7) is 0.0288. The number of ketones is 1. The molecule has 0 spiro atoms. The molecular formula is C20H17NO4. The predicted octanol–water partition coefficient (Wildman–Crippen LogP) is 2.14. The number of hydrogen-bond acceptors (Lipinski definition) is 4. The number of carbonyl (C=O) groups excluding carboxylic acids is 2. The van der Waals surface area contributed by atoms with Crippen LogP contribution in [0.15, 0.2) is 48.5 Å². The standard InChI is InChI=1S/C20H17NO4/c1-3-12-21-16-10-6-5-9-15(16)20(24,19(21)23)13-17(22)14-8-4-7-11-18(14)25-2/h1,4-11,24H,12-13H2,2H3. The number of hydrogen-bond donors (Lipinski definition) is 1. The van der Waals surface area contributed by atoms with E-state index in [0.29, 0.717) is 22.6 Å². The quantitative estimate of drug-likeness (QED) is 0.671. The molecule has 1 heterocycles. The average Bonchev–Trinajstić information content (AvgIpc) is 2.84. The van der Waals surface area contributed by atoms with E-state index in [2.05, 4.69) is 5.92 Å². The number of carbonyl (C=O) groups is 2. The molecule has 1 aliphatic heterocycles. The Morgan fingerprint density at radius 3 is 2.64 bits per heavy atom. The molecule has 1 atom stereocenters. The molecule has 25 heavy (non-hydrogen) atoms. The molecule has 3 rings (SSSR count). The fourth-order valence-corrected chi connectivity index (χ4v) is 3.13. The van der Waals surface area contributed by atoms with Crippen LogP contribution >= 0.6 is 0 Å². The van der Waals surface area contributed by atoms with Crippen LogP contribution in [-0.2, 0) is 10.4 Å². The summed E-state index contributed by atoms with van der Waals surface area (Å²) in [5, 5.41) is 11.1. The van der Waals surface area contributed by atoms with Crippen molar-refractivity contribution >= 4 is 17.4 Å². The van der Waals surface area contributed by atoms with Crippen molar-refractivity contribution < 1.29 is 19.4 Å². The molecule has 0 saturated carbocycles. The van der Waals surface area contributed by atoms with Crippen LogP contribution in [0.25, 0.3) is 0 Å². The summed E-state index contributed by atoms with van der Waals surface area (Å²) in [6, 6.07) is 13.5. The molecule has 5 heteroatoms. The van der Waals surface area contributed by atoms with Gasteiger partial charge in [0.05, 0.1) is 31.3 Å². The summed E-state index contributed by atoms with van der Waals surface area (Å²) >= 11 is 0. The first-order valence-corrected chi connectivity index (χ1v) is 7.76. The van der Waals surface area contributed by atoms with Gasteiger partial charge >= 0.3 is 0 Å². The van der Waals surface area contributed by atoms with Crippen LogP contribution in [0.5, 0.6) is 5.75 Å². The van der Waals surface area contributed by atoms with Crippen molar-refractivity contribution in [3.05, 3.63) is 59.7 Å².